The molecule has 0 saturated heterocycles. The highest BCUT2D eigenvalue weighted by Crippen LogP contribution is 2.16. The number of hydrogen-bond acceptors (Lipinski definition) is 5. The van der Waals surface area contributed by atoms with Crippen LogP contribution in [0.3, 0.4) is 0 Å². The van der Waals surface area contributed by atoms with E-state index in [0.29, 0.717) is 22.6 Å². The summed E-state index contributed by atoms with van der Waals surface area (Å²) >= 11 is 6.06. The van der Waals surface area contributed by atoms with Gasteiger partial charge in [-0.2, -0.15) is 0 Å². The third kappa shape index (κ3) is 4.25. The van der Waals surface area contributed by atoms with E-state index in [1.807, 2.05) is 25.1 Å². The van der Waals surface area contributed by atoms with E-state index in [-0.39, 0.29) is 6.54 Å². The summed E-state index contributed by atoms with van der Waals surface area (Å²) < 4.78 is 6.99. The van der Waals surface area contributed by atoms with Gasteiger partial charge >= 0.3 is 5.97 Å². The molecule has 0 bridgehead atoms. The maximum Gasteiger partial charge on any atom is 0.338 e. The van der Waals surface area contributed by atoms with Gasteiger partial charge in [-0.05, 0) is 43.7 Å². The normalized spacial score (nSPS) is 12.0. The number of nitrogens with one attached hydrogen (secondary N) is 1. The molecule has 8 heteroatoms. The van der Waals surface area contributed by atoms with E-state index in [1.165, 1.54) is 6.92 Å². The molecule has 0 radical (unpaired) electrons. The van der Waals surface area contributed by atoms with Gasteiger partial charge in [0.15, 0.2) is 6.10 Å². The number of nitrogens with zero attached hydrogens (tertiary/aromatic N) is 3. The molecule has 0 aliphatic heterocycles. The third-order valence-electron chi connectivity index (χ3n) is 4.11. The maximum atomic E-state index is 12.3. The van der Waals surface area contributed by atoms with E-state index < -0.39 is 18.0 Å². The first kappa shape index (κ1) is 18.8. The number of fused-ring (bicyclic) bond motifs is 1. The molecule has 1 amide bonds. The molecular weight excluding hydrogens is 368 g/mol. The van der Waals surface area contributed by atoms with Gasteiger partial charge in [0.1, 0.15) is 5.52 Å². The summed E-state index contributed by atoms with van der Waals surface area (Å²) in [5, 5.41) is 11.3. The van der Waals surface area contributed by atoms with Gasteiger partial charge in [-0.1, -0.05) is 35.0 Å². The third-order valence-corrected chi connectivity index (χ3v) is 4.48. The molecule has 27 heavy (non-hydrogen) atoms. The molecule has 1 N–H and O–H groups in total. The molecule has 0 saturated carbocycles. The van der Waals surface area contributed by atoms with E-state index in [2.05, 4.69) is 15.6 Å². The van der Waals surface area contributed by atoms with Crippen molar-refractivity contribution in [3.05, 3.63) is 58.6 Å². The molecule has 140 valence electrons. The van der Waals surface area contributed by atoms with Crippen LogP contribution in [0.1, 0.15) is 29.8 Å². The Morgan fingerprint density at radius 2 is 2.04 bits per heavy atom. The van der Waals surface area contributed by atoms with Crippen LogP contribution in [0.25, 0.3) is 11.0 Å². The van der Waals surface area contributed by atoms with E-state index in [0.717, 1.165) is 11.1 Å². The molecular formula is C19H19ClN4O3. The fourth-order valence-corrected chi connectivity index (χ4v) is 2.79. The molecule has 1 heterocycles. The average molecular weight is 387 g/mol. The number of benzene rings is 2. The van der Waals surface area contributed by atoms with Crippen LogP contribution in [0.4, 0.5) is 0 Å². The molecule has 0 spiro atoms. The van der Waals surface area contributed by atoms with Gasteiger partial charge in [0, 0.05) is 18.1 Å². The van der Waals surface area contributed by atoms with Crippen molar-refractivity contribution >= 4 is 34.5 Å². The number of esters is 1. The van der Waals surface area contributed by atoms with Gasteiger partial charge in [-0.3, -0.25) is 4.79 Å². The number of carbonyl (C=O) groups excluding carboxylic acids is 2. The van der Waals surface area contributed by atoms with Crippen LogP contribution in [0.2, 0.25) is 5.02 Å². The van der Waals surface area contributed by atoms with Crippen LogP contribution in [0.5, 0.6) is 0 Å². The lowest BCUT2D eigenvalue weighted by atomic mass is 10.2. The fourth-order valence-electron chi connectivity index (χ4n) is 2.58. The van der Waals surface area contributed by atoms with Crippen LogP contribution >= 0.6 is 11.6 Å². The number of carbonyl (C=O) groups is 2. The Bertz CT molecular complexity index is 986. The number of amides is 1. The van der Waals surface area contributed by atoms with E-state index in [4.69, 9.17) is 16.3 Å². The minimum absolute atomic E-state index is 0.256. The summed E-state index contributed by atoms with van der Waals surface area (Å²) in [6.45, 7) is 4.42. The van der Waals surface area contributed by atoms with Crippen molar-refractivity contribution in [3.63, 3.8) is 0 Å². The summed E-state index contributed by atoms with van der Waals surface area (Å²) in [6, 6.07) is 12.2. The Morgan fingerprint density at radius 3 is 2.78 bits per heavy atom. The van der Waals surface area contributed by atoms with Gasteiger partial charge in [0.05, 0.1) is 11.1 Å². The lowest BCUT2D eigenvalue weighted by Crippen LogP contribution is -2.35. The highest BCUT2D eigenvalue weighted by atomic mass is 35.5. The van der Waals surface area contributed by atoms with Crippen LogP contribution in [0.15, 0.2) is 42.5 Å². The molecule has 3 rings (SSSR count). The Morgan fingerprint density at radius 1 is 1.26 bits per heavy atom. The summed E-state index contributed by atoms with van der Waals surface area (Å²) in [6.07, 6.45) is -0.943. The summed E-state index contributed by atoms with van der Waals surface area (Å²) in [5.41, 5.74) is 2.54. The number of aryl methyl sites for hydroxylation is 1. The quantitative estimate of drug-likeness (QED) is 0.658. The SMILES string of the molecule is CCn1nnc2cc(C(=O)O[C@@H](C)C(=O)NCc3ccccc3Cl)ccc21. The Balaban J connectivity index is 1.61. The second kappa shape index (κ2) is 8.18. The van der Waals surface area contributed by atoms with Crippen molar-refractivity contribution in [3.8, 4) is 0 Å². The minimum atomic E-state index is -0.943. The molecule has 1 atom stereocenters. The number of rotatable bonds is 6. The van der Waals surface area contributed by atoms with Crippen LogP contribution in [-0.4, -0.2) is 33.0 Å². The first-order chi connectivity index (χ1) is 13.0. The summed E-state index contributed by atoms with van der Waals surface area (Å²) in [4.78, 5) is 24.5. The molecule has 0 fully saturated rings. The van der Waals surface area contributed by atoms with Crippen molar-refractivity contribution in [1.82, 2.24) is 20.3 Å². The predicted molar refractivity (Wildman–Crippen MR) is 101 cm³/mol. The monoisotopic (exact) mass is 386 g/mol. The molecule has 2 aromatic carbocycles. The largest absolute Gasteiger partial charge is 0.449 e. The summed E-state index contributed by atoms with van der Waals surface area (Å²) in [7, 11) is 0. The summed E-state index contributed by atoms with van der Waals surface area (Å²) in [5.74, 6) is -0.996. The lowest BCUT2D eigenvalue weighted by molar-refractivity contribution is -0.129. The zero-order valence-electron chi connectivity index (χ0n) is 15.0. The number of hydrogen-bond donors (Lipinski definition) is 1. The number of aromatic nitrogens is 3. The van der Waals surface area contributed by atoms with E-state index in [9.17, 15) is 9.59 Å². The average Bonchev–Trinajstić information content (AvgIpc) is 3.09. The van der Waals surface area contributed by atoms with Gasteiger partial charge in [-0.15, -0.1) is 5.10 Å². The topological polar surface area (TPSA) is 86.1 Å². The standard InChI is InChI=1S/C19H19ClN4O3/c1-3-24-17-9-8-13(10-16(17)22-23-24)19(26)27-12(2)18(25)21-11-14-6-4-5-7-15(14)20/h4-10,12H,3,11H2,1-2H3,(H,21,25)/t12-/m0/s1. The Labute approximate surface area is 161 Å². The molecule has 1 aromatic heterocycles. The molecule has 0 aliphatic carbocycles. The Hall–Kier alpha value is -2.93. The first-order valence-electron chi connectivity index (χ1n) is 8.55. The van der Waals surface area contributed by atoms with Gasteiger partial charge < -0.3 is 10.1 Å². The zero-order chi connectivity index (χ0) is 19.4. The second-order valence-electron chi connectivity index (χ2n) is 5.97. The smallest absolute Gasteiger partial charge is 0.338 e. The highest BCUT2D eigenvalue weighted by molar-refractivity contribution is 6.31. The number of ether oxygens (including phenoxy) is 1. The minimum Gasteiger partial charge on any atom is -0.449 e. The van der Waals surface area contributed by atoms with Crippen molar-refractivity contribution in [1.29, 1.82) is 0 Å². The van der Waals surface area contributed by atoms with E-state index in [1.54, 1.807) is 28.9 Å². The van der Waals surface area contributed by atoms with Gasteiger partial charge in [0.25, 0.3) is 5.91 Å². The molecule has 7 nitrogen and oxygen atoms in total. The van der Waals surface area contributed by atoms with Crippen molar-refractivity contribution in [2.45, 2.75) is 33.0 Å². The second-order valence-corrected chi connectivity index (χ2v) is 6.37. The van der Waals surface area contributed by atoms with Crippen LogP contribution < -0.4 is 5.32 Å². The first-order valence-corrected chi connectivity index (χ1v) is 8.92. The highest BCUT2D eigenvalue weighted by Gasteiger charge is 2.19. The van der Waals surface area contributed by atoms with Gasteiger partial charge in [-0.25, -0.2) is 9.48 Å². The van der Waals surface area contributed by atoms with Crippen molar-refractivity contribution in [2.75, 3.05) is 0 Å². The number of halogens is 1. The van der Waals surface area contributed by atoms with Crippen molar-refractivity contribution in [2.24, 2.45) is 0 Å². The van der Waals surface area contributed by atoms with Crippen molar-refractivity contribution < 1.29 is 14.3 Å². The Kier molecular flexibility index (Phi) is 5.71. The maximum absolute atomic E-state index is 12.3. The lowest BCUT2D eigenvalue weighted by Gasteiger charge is -2.14. The van der Waals surface area contributed by atoms with Gasteiger partial charge in [0.2, 0.25) is 0 Å². The molecule has 3 aromatic rings. The predicted octanol–water partition coefficient (Wildman–Crippen LogP) is 2.97. The van der Waals surface area contributed by atoms with E-state index >= 15 is 0 Å². The molecule has 0 aliphatic rings. The van der Waals surface area contributed by atoms with Crippen LogP contribution in [-0.2, 0) is 22.6 Å². The zero-order valence-corrected chi connectivity index (χ0v) is 15.7. The van der Waals surface area contributed by atoms with Crippen LogP contribution in [0, 0.1) is 0 Å². The molecule has 0 unspecified atom stereocenters. The fraction of sp³-hybridized carbons (Fsp3) is 0.263.